The summed E-state index contributed by atoms with van der Waals surface area (Å²) >= 11 is 0. The number of hydrogen-bond acceptors (Lipinski definition) is 5. The second-order valence-electron chi connectivity index (χ2n) is 3.64. The summed E-state index contributed by atoms with van der Waals surface area (Å²) in [5.74, 6) is -0.822. The summed E-state index contributed by atoms with van der Waals surface area (Å²) in [7, 11) is 0. The van der Waals surface area contributed by atoms with E-state index in [1.807, 2.05) is 0 Å². The first-order chi connectivity index (χ1) is 9.32. The summed E-state index contributed by atoms with van der Waals surface area (Å²) in [6, 6.07) is 2.77. The third kappa shape index (κ3) is 2.48. The summed E-state index contributed by atoms with van der Waals surface area (Å²) < 4.78 is 39.3. The number of carbonyl (C=O) groups excluding carboxylic acids is 1. The van der Waals surface area contributed by atoms with E-state index in [0.29, 0.717) is 10.7 Å². The van der Waals surface area contributed by atoms with E-state index >= 15 is 0 Å². The SMILES string of the molecule is O=Cc1ccc(-n2cnc([N+](=O)[O-])n2)c(C(F)(F)F)c1. The predicted octanol–water partition coefficient (Wildman–Crippen LogP) is 2.01. The lowest BCUT2D eigenvalue weighted by Crippen LogP contribution is -2.12. The smallest absolute Gasteiger partial charge is 0.390 e. The van der Waals surface area contributed by atoms with Crippen LogP contribution in [0.3, 0.4) is 0 Å². The molecular formula is C10H5F3N4O3. The Morgan fingerprint density at radius 3 is 2.55 bits per heavy atom. The van der Waals surface area contributed by atoms with Crippen molar-refractivity contribution in [3.63, 3.8) is 0 Å². The lowest BCUT2D eigenvalue weighted by molar-refractivity contribution is -0.394. The fourth-order valence-corrected chi connectivity index (χ4v) is 1.51. The number of aromatic nitrogens is 3. The normalized spacial score (nSPS) is 11.3. The molecule has 1 aromatic carbocycles. The van der Waals surface area contributed by atoms with Crippen LogP contribution in [0.25, 0.3) is 5.69 Å². The molecule has 0 saturated carbocycles. The zero-order chi connectivity index (χ0) is 14.9. The van der Waals surface area contributed by atoms with Crippen LogP contribution in [0.4, 0.5) is 19.1 Å². The van der Waals surface area contributed by atoms with Gasteiger partial charge in [0.25, 0.3) is 0 Å². The molecule has 0 N–H and O–H groups in total. The van der Waals surface area contributed by atoms with Crippen LogP contribution >= 0.6 is 0 Å². The van der Waals surface area contributed by atoms with Crippen molar-refractivity contribution in [3.05, 3.63) is 45.8 Å². The van der Waals surface area contributed by atoms with E-state index in [0.717, 1.165) is 18.5 Å². The number of aldehydes is 1. The van der Waals surface area contributed by atoms with E-state index in [-0.39, 0.29) is 11.8 Å². The van der Waals surface area contributed by atoms with Gasteiger partial charge in [0.1, 0.15) is 6.29 Å². The van der Waals surface area contributed by atoms with Gasteiger partial charge in [-0.15, -0.1) is 4.68 Å². The Bertz CT molecular complexity index is 681. The highest BCUT2D eigenvalue weighted by Gasteiger charge is 2.35. The van der Waals surface area contributed by atoms with Crippen molar-refractivity contribution in [2.75, 3.05) is 0 Å². The second-order valence-corrected chi connectivity index (χ2v) is 3.64. The topological polar surface area (TPSA) is 90.9 Å². The first kappa shape index (κ1) is 13.6. The molecule has 0 aliphatic heterocycles. The van der Waals surface area contributed by atoms with Crippen LogP contribution in [0.5, 0.6) is 0 Å². The second kappa shape index (κ2) is 4.72. The van der Waals surface area contributed by atoms with E-state index in [9.17, 15) is 28.1 Å². The standard InChI is InChI=1S/C10H5F3N4O3/c11-10(12,13)7-3-6(4-18)1-2-8(7)16-5-14-9(15-16)17(19)20/h1-5H. The van der Waals surface area contributed by atoms with Gasteiger partial charge >= 0.3 is 12.1 Å². The number of nitrogens with zero attached hydrogens (tertiary/aromatic N) is 4. The lowest BCUT2D eigenvalue weighted by Gasteiger charge is -2.11. The third-order valence-electron chi connectivity index (χ3n) is 2.35. The molecule has 0 bridgehead atoms. The summed E-state index contributed by atoms with van der Waals surface area (Å²) in [6.07, 6.45) is -3.68. The molecule has 0 aliphatic carbocycles. The molecule has 0 unspecified atom stereocenters. The molecular weight excluding hydrogens is 281 g/mol. The van der Waals surface area contributed by atoms with Crippen molar-refractivity contribution in [2.24, 2.45) is 0 Å². The van der Waals surface area contributed by atoms with Crippen molar-refractivity contribution >= 4 is 12.2 Å². The Hall–Kier alpha value is -2.78. The third-order valence-corrected chi connectivity index (χ3v) is 2.35. The van der Waals surface area contributed by atoms with Crippen LogP contribution in [0.2, 0.25) is 0 Å². The van der Waals surface area contributed by atoms with Crippen molar-refractivity contribution in [3.8, 4) is 5.69 Å². The Kier molecular flexibility index (Phi) is 3.22. The van der Waals surface area contributed by atoms with Crippen LogP contribution in [0, 0.1) is 10.1 Å². The van der Waals surface area contributed by atoms with Crippen molar-refractivity contribution in [1.29, 1.82) is 0 Å². The molecule has 0 aliphatic rings. The quantitative estimate of drug-likeness (QED) is 0.489. The van der Waals surface area contributed by atoms with Gasteiger partial charge in [-0.1, -0.05) is 4.98 Å². The van der Waals surface area contributed by atoms with Crippen LogP contribution in [-0.2, 0) is 6.18 Å². The molecule has 0 spiro atoms. The minimum atomic E-state index is -4.74. The Morgan fingerprint density at radius 1 is 1.35 bits per heavy atom. The zero-order valence-electron chi connectivity index (χ0n) is 9.53. The fourth-order valence-electron chi connectivity index (χ4n) is 1.51. The van der Waals surface area contributed by atoms with Gasteiger partial charge in [0.15, 0.2) is 0 Å². The number of hydrogen-bond donors (Lipinski definition) is 0. The predicted molar refractivity (Wildman–Crippen MR) is 58.4 cm³/mol. The van der Waals surface area contributed by atoms with Gasteiger partial charge < -0.3 is 10.1 Å². The molecule has 1 aromatic heterocycles. The number of alkyl halides is 3. The number of halogens is 3. The van der Waals surface area contributed by atoms with E-state index in [1.165, 1.54) is 0 Å². The molecule has 2 rings (SSSR count). The summed E-state index contributed by atoms with van der Waals surface area (Å²) in [6.45, 7) is 0. The molecule has 0 atom stereocenters. The van der Waals surface area contributed by atoms with E-state index < -0.39 is 28.3 Å². The number of carbonyl (C=O) groups is 1. The number of benzene rings is 1. The molecule has 20 heavy (non-hydrogen) atoms. The number of rotatable bonds is 3. The van der Waals surface area contributed by atoms with E-state index in [4.69, 9.17) is 0 Å². The summed E-state index contributed by atoms with van der Waals surface area (Å²) in [5, 5.41) is 13.8. The summed E-state index contributed by atoms with van der Waals surface area (Å²) in [5.41, 5.74) is -1.76. The van der Waals surface area contributed by atoms with Gasteiger partial charge in [-0.2, -0.15) is 13.2 Å². The Labute approximate surface area is 108 Å². The van der Waals surface area contributed by atoms with Gasteiger partial charge in [-0.3, -0.25) is 4.79 Å². The molecule has 1 heterocycles. The molecule has 10 heteroatoms. The van der Waals surface area contributed by atoms with Crippen LogP contribution in [-0.4, -0.2) is 26.0 Å². The molecule has 2 aromatic rings. The monoisotopic (exact) mass is 286 g/mol. The van der Waals surface area contributed by atoms with Gasteiger partial charge in [0.05, 0.1) is 11.3 Å². The molecule has 0 radical (unpaired) electrons. The molecule has 7 nitrogen and oxygen atoms in total. The van der Waals surface area contributed by atoms with E-state index in [2.05, 4.69) is 10.1 Å². The van der Waals surface area contributed by atoms with Crippen molar-refractivity contribution < 1.29 is 22.9 Å². The first-order valence-electron chi connectivity index (χ1n) is 5.06. The molecule has 0 amide bonds. The fraction of sp³-hybridized carbons (Fsp3) is 0.100. The first-order valence-corrected chi connectivity index (χ1v) is 5.06. The molecule has 0 fully saturated rings. The van der Waals surface area contributed by atoms with Gasteiger partial charge in [-0.25, -0.2) is 0 Å². The number of nitro groups is 1. The van der Waals surface area contributed by atoms with Crippen molar-refractivity contribution in [2.45, 2.75) is 6.18 Å². The maximum atomic E-state index is 12.9. The highest BCUT2D eigenvalue weighted by atomic mass is 19.4. The van der Waals surface area contributed by atoms with Crippen LogP contribution in [0.15, 0.2) is 24.5 Å². The Morgan fingerprint density at radius 2 is 2.05 bits per heavy atom. The Balaban J connectivity index is 2.60. The van der Waals surface area contributed by atoms with Gasteiger partial charge in [0, 0.05) is 10.7 Å². The van der Waals surface area contributed by atoms with Crippen LogP contribution in [0.1, 0.15) is 15.9 Å². The van der Waals surface area contributed by atoms with Crippen molar-refractivity contribution in [1.82, 2.24) is 14.8 Å². The lowest BCUT2D eigenvalue weighted by atomic mass is 10.1. The maximum Gasteiger partial charge on any atom is 0.491 e. The van der Waals surface area contributed by atoms with Crippen LogP contribution < -0.4 is 0 Å². The van der Waals surface area contributed by atoms with Gasteiger partial charge in [0.2, 0.25) is 6.33 Å². The zero-order valence-corrected chi connectivity index (χ0v) is 9.53. The highest BCUT2D eigenvalue weighted by Crippen LogP contribution is 2.34. The van der Waals surface area contributed by atoms with Gasteiger partial charge in [-0.05, 0) is 23.1 Å². The minimum absolute atomic E-state index is 0.171. The highest BCUT2D eigenvalue weighted by molar-refractivity contribution is 5.76. The van der Waals surface area contributed by atoms with E-state index in [1.54, 1.807) is 0 Å². The average Bonchev–Trinajstić information content (AvgIpc) is 2.86. The minimum Gasteiger partial charge on any atom is -0.390 e. The maximum absolute atomic E-state index is 12.9. The average molecular weight is 286 g/mol. The molecule has 0 saturated heterocycles. The summed E-state index contributed by atoms with van der Waals surface area (Å²) in [4.78, 5) is 23.3. The molecule has 104 valence electrons. The largest absolute Gasteiger partial charge is 0.491 e.